The summed E-state index contributed by atoms with van der Waals surface area (Å²) < 4.78 is 18.7. The highest BCUT2D eigenvalue weighted by atomic mass is 19.1. The van der Waals surface area contributed by atoms with Crippen LogP contribution in [0.15, 0.2) is 48.5 Å². The number of rotatable bonds is 4. The summed E-state index contributed by atoms with van der Waals surface area (Å²) in [7, 11) is 1.69. The predicted molar refractivity (Wildman–Crippen MR) is 98.3 cm³/mol. The van der Waals surface area contributed by atoms with Crippen LogP contribution in [0, 0.1) is 5.82 Å². The maximum atomic E-state index is 13.5. The van der Waals surface area contributed by atoms with E-state index in [2.05, 4.69) is 28.1 Å². The van der Waals surface area contributed by atoms with Crippen molar-refractivity contribution in [3.63, 3.8) is 0 Å². The Balaban J connectivity index is 1.58. The molecule has 0 amide bonds. The van der Waals surface area contributed by atoms with Gasteiger partial charge >= 0.3 is 0 Å². The average molecular weight is 338 g/mol. The lowest BCUT2D eigenvalue weighted by atomic mass is 9.98. The largest absolute Gasteiger partial charge is 0.497 e. The summed E-state index contributed by atoms with van der Waals surface area (Å²) in [6, 6.07) is 15.7. The number of halogens is 1. The molecule has 0 saturated carbocycles. The fourth-order valence-corrected chi connectivity index (χ4v) is 3.80. The monoisotopic (exact) mass is 338 g/mol. The van der Waals surface area contributed by atoms with Gasteiger partial charge in [0, 0.05) is 23.1 Å². The molecule has 1 aromatic heterocycles. The summed E-state index contributed by atoms with van der Waals surface area (Å²) in [6.45, 7) is 2.00. The Kier molecular flexibility index (Phi) is 4.45. The summed E-state index contributed by atoms with van der Waals surface area (Å²) in [5.41, 5.74) is 3.48. The maximum absolute atomic E-state index is 13.5. The van der Waals surface area contributed by atoms with Crippen molar-refractivity contribution in [2.24, 2.45) is 0 Å². The number of hydrogen-bond acceptors (Lipinski definition) is 2. The van der Waals surface area contributed by atoms with E-state index in [4.69, 9.17) is 4.74 Å². The van der Waals surface area contributed by atoms with Crippen LogP contribution in [0.5, 0.6) is 5.75 Å². The first-order valence-corrected chi connectivity index (χ1v) is 8.88. The number of nitrogens with zero attached hydrogens (tertiary/aromatic N) is 1. The van der Waals surface area contributed by atoms with Gasteiger partial charge in [0.15, 0.2) is 0 Å². The number of hydrogen-bond donors (Lipinski definition) is 1. The van der Waals surface area contributed by atoms with Crippen molar-refractivity contribution in [1.82, 2.24) is 9.88 Å². The van der Waals surface area contributed by atoms with Gasteiger partial charge < -0.3 is 9.72 Å². The first-order valence-electron chi connectivity index (χ1n) is 8.88. The van der Waals surface area contributed by atoms with E-state index in [1.165, 1.54) is 30.2 Å². The zero-order chi connectivity index (χ0) is 17.2. The summed E-state index contributed by atoms with van der Waals surface area (Å²) in [4.78, 5) is 6.02. The molecule has 2 heterocycles. The molecule has 2 aromatic carbocycles. The lowest BCUT2D eigenvalue weighted by Crippen LogP contribution is -2.33. The number of nitrogens with one attached hydrogen (secondary N) is 1. The Morgan fingerprint density at radius 3 is 2.76 bits per heavy atom. The van der Waals surface area contributed by atoms with Crippen LogP contribution in [-0.4, -0.2) is 23.5 Å². The fourth-order valence-electron chi connectivity index (χ4n) is 3.80. The zero-order valence-electron chi connectivity index (χ0n) is 14.5. The Morgan fingerprint density at radius 1 is 1.12 bits per heavy atom. The van der Waals surface area contributed by atoms with Crippen molar-refractivity contribution in [1.29, 1.82) is 0 Å². The van der Waals surface area contributed by atoms with Gasteiger partial charge in [-0.2, -0.15) is 0 Å². The Labute approximate surface area is 147 Å². The third-order valence-corrected chi connectivity index (χ3v) is 5.12. The smallest absolute Gasteiger partial charge is 0.123 e. The molecule has 0 aliphatic carbocycles. The Bertz CT molecular complexity index is 856. The van der Waals surface area contributed by atoms with Crippen molar-refractivity contribution in [3.05, 3.63) is 65.6 Å². The van der Waals surface area contributed by atoms with Crippen LogP contribution in [0.1, 0.15) is 36.6 Å². The second-order valence-corrected chi connectivity index (χ2v) is 6.79. The number of fused-ring (bicyclic) bond motifs is 1. The van der Waals surface area contributed by atoms with E-state index in [1.54, 1.807) is 13.2 Å². The van der Waals surface area contributed by atoms with Gasteiger partial charge in [0.1, 0.15) is 11.6 Å². The van der Waals surface area contributed by atoms with Gasteiger partial charge in [-0.25, -0.2) is 4.39 Å². The molecular formula is C21H23FN2O. The minimum absolute atomic E-state index is 0.184. The highest BCUT2D eigenvalue weighted by Gasteiger charge is 2.25. The van der Waals surface area contributed by atoms with Gasteiger partial charge in [-0.05, 0) is 61.3 Å². The van der Waals surface area contributed by atoms with Gasteiger partial charge in [-0.3, -0.25) is 4.90 Å². The molecule has 1 fully saturated rings. The molecule has 3 aromatic rings. The third kappa shape index (κ3) is 3.40. The lowest BCUT2D eigenvalue weighted by molar-refractivity contribution is 0.138. The molecule has 0 radical (unpaired) electrons. The summed E-state index contributed by atoms with van der Waals surface area (Å²) in [5.74, 6) is 0.702. The number of aromatic amines is 1. The van der Waals surface area contributed by atoms with Crippen LogP contribution >= 0.6 is 0 Å². The van der Waals surface area contributed by atoms with E-state index in [0.29, 0.717) is 6.04 Å². The van der Waals surface area contributed by atoms with Crippen molar-refractivity contribution in [3.8, 4) is 5.75 Å². The predicted octanol–water partition coefficient (Wildman–Crippen LogP) is 5.04. The van der Waals surface area contributed by atoms with E-state index in [0.717, 1.165) is 36.2 Å². The summed E-state index contributed by atoms with van der Waals surface area (Å²) in [6.07, 6.45) is 3.58. The van der Waals surface area contributed by atoms with Crippen molar-refractivity contribution >= 4 is 10.9 Å². The van der Waals surface area contributed by atoms with E-state index in [9.17, 15) is 4.39 Å². The van der Waals surface area contributed by atoms with Crippen molar-refractivity contribution in [2.45, 2.75) is 31.8 Å². The molecule has 4 heteroatoms. The molecule has 130 valence electrons. The first kappa shape index (κ1) is 16.2. The molecule has 1 N–H and O–H groups in total. The van der Waals surface area contributed by atoms with E-state index >= 15 is 0 Å². The fraction of sp³-hybridized carbons (Fsp3) is 0.333. The molecule has 1 unspecified atom stereocenters. The van der Waals surface area contributed by atoms with Gasteiger partial charge in [-0.15, -0.1) is 0 Å². The molecular weight excluding hydrogens is 315 g/mol. The topological polar surface area (TPSA) is 28.3 Å². The molecule has 3 nitrogen and oxygen atoms in total. The molecule has 1 saturated heterocycles. The maximum Gasteiger partial charge on any atom is 0.123 e. The van der Waals surface area contributed by atoms with Crippen LogP contribution in [0.4, 0.5) is 4.39 Å². The highest BCUT2D eigenvalue weighted by molar-refractivity contribution is 5.80. The Morgan fingerprint density at radius 2 is 1.96 bits per heavy atom. The van der Waals surface area contributed by atoms with Crippen molar-refractivity contribution < 1.29 is 9.13 Å². The number of H-pyrrole nitrogens is 1. The second kappa shape index (κ2) is 6.89. The summed E-state index contributed by atoms with van der Waals surface area (Å²) >= 11 is 0. The normalized spacial score (nSPS) is 18.6. The SMILES string of the molecule is COc1ccc(CN2CCCCC2c2cc3cc(F)ccc3[nH]2)cc1. The molecule has 0 spiro atoms. The van der Waals surface area contributed by atoms with Crippen LogP contribution < -0.4 is 4.74 Å². The number of methoxy groups -OCH3 is 1. The highest BCUT2D eigenvalue weighted by Crippen LogP contribution is 2.33. The quantitative estimate of drug-likeness (QED) is 0.721. The van der Waals surface area contributed by atoms with Gasteiger partial charge in [0.2, 0.25) is 0 Å². The summed E-state index contributed by atoms with van der Waals surface area (Å²) in [5, 5.41) is 0.949. The Hall–Kier alpha value is -2.33. The van der Waals surface area contributed by atoms with E-state index in [-0.39, 0.29) is 5.82 Å². The third-order valence-electron chi connectivity index (χ3n) is 5.12. The zero-order valence-corrected chi connectivity index (χ0v) is 14.5. The molecule has 1 atom stereocenters. The van der Waals surface area contributed by atoms with E-state index < -0.39 is 0 Å². The first-order chi connectivity index (χ1) is 12.2. The number of benzene rings is 2. The number of likely N-dealkylation sites (tertiary alicyclic amines) is 1. The molecule has 1 aliphatic heterocycles. The van der Waals surface area contributed by atoms with Crippen LogP contribution in [0.3, 0.4) is 0 Å². The van der Waals surface area contributed by atoms with Gasteiger partial charge in [-0.1, -0.05) is 18.6 Å². The molecule has 1 aliphatic rings. The second-order valence-electron chi connectivity index (χ2n) is 6.79. The molecule has 4 rings (SSSR count). The van der Waals surface area contributed by atoms with Crippen LogP contribution in [0.2, 0.25) is 0 Å². The minimum Gasteiger partial charge on any atom is -0.497 e. The number of ether oxygens (including phenoxy) is 1. The van der Waals surface area contributed by atoms with Crippen LogP contribution in [0.25, 0.3) is 10.9 Å². The average Bonchev–Trinajstić information content (AvgIpc) is 3.06. The van der Waals surface area contributed by atoms with E-state index in [1.807, 2.05) is 18.2 Å². The minimum atomic E-state index is -0.184. The van der Waals surface area contributed by atoms with Crippen LogP contribution in [-0.2, 0) is 6.54 Å². The van der Waals surface area contributed by atoms with Crippen molar-refractivity contribution in [2.75, 3.05) is 13.7 Å². The standard InChI is InChI=1S/C21H23FN2O/c1-25-18-8-5-15(6-9-18)14-24-11-3-2-4-21(24)20-13-16-12-17(22)7-10-19(16)23-20/h5-10,12-13,21,23H,2-4,11,14H2,1H3. The van der Waals surface area contributed by atoms with Gasteiger partial charge in [0.25, 0.3) is 0 Å². The number of aromatic nitrogens is 1. The molecule has 25 heavy (non-hydrogen) atoms. The number of piperidine rings is 1. The molecule has 0 bridgehead atoms. The lowest BCUT2D eigenvalue weighted by Gasteiger charge is -2.35. The van der Waals surface area contributed by atoms with Gasteiger partial charge in [0.05, 0.1) is 13.2 Å².